The van der Waals surface area contributed by atoms with Crippen LogP contribution in [-0.2, 0) is 4.74 Å². The summed E-state index contributed by atoms with van der Waals surface area (Å²) < 4.78 is 5.25. The second-order valence-electron chi connectivity index (χ2n) is 6.01. The van der Waals surface area contributed by atoms with Crippen LogP contribution in [0.15, 0.2) is 0 Å². The zero-order chi connectivity index (χ0) is 11.2. The number of epoxide rings is 1. The molecule has 1 unspecified atom stereocenters. The van der Waals surface area contributed by atoms with Gasteiger partial charge in [-0.15, -0.1) is 0 Å². The number of hydrogen-bond acceptors (Lipinski definition) is 1. The summed E-state index contributed by atoms with van der Waals surface area (Å²) in [6.07, 6.45) is 15.4. The first kappa shape index (κ1) is 12.4. The quantitative estimate of drug-likeness (QED) is 0.595. The molecular formula is C15H28O. The molecule has 0 radical (unpaired) electrons. The fraction of sp³-hybridized carbons (Fsp3) is 1.00. The molecule has 0 spiro atoms. The zero-order valence-electron chi connectivity index (χ0n) is 10.9. The lowest BCUT2D eigenvalue weighted by molar-refractivity contribution is 0.266. The molecule has 0 amide bonds. The molecule has 1 aliphatic heterocycles. The third-order valence-corrected chi connectivity index (χ3v) is 4.43. The van der Waals surface area contributed by atoms with Gasteiger partial charge in [-0.1, -0.05) is 58.3 Å². The average Bonchev–Trinajstić information content (AvgIpc) is 3.16. The van der Waals surface area contributed by atoms with Gasteiger partial charge in [0.05, 0.1) is 12.7 Å². The van der Waals surface area contributed by atoms with Gasteiger partial charge in [0.15, 0.2) is 0 Å². The maximum absolute atomic E-state index is 5.25. The average molecular weight is 224 g/mol. The number of ether oxygens (including phenoxy) is 1. The van der Waals surface area contributed by atoms with Crippen molar-refractivity contribution >= 4 is 0 Å². The van der Waals surface area contributed by atoms with Crippen LogP contribution in [-0.4, -0.2) is 12.7 Å². The molecule has 2 saturated carbocycles. The van der Waals surface area contributed by atoms with E-state index in [4.69, 9.17) is 4.74 Å². The van der Waals surface area contributed by atoms with Gasteiger partial charge in [-0.05, 0) is 24.7 Å². The maximum atomic E-state index is 5.25. The predicted molar refractivity (Wildman–Crippen MR) is 68.6 cm³/mol. The molecule has 1 heterocycles. The molecule has 3 rings (SSSR count). The summed E-state index contributed by atoms with van der Waals surface area (Å²) in [5, 5.41) is 0. The van der Waals surface area contributed by atoms with Crippen LogP contribution in [0.5, 0.6) is 0 Å². The Morgan fingerprint density at radius 3 is 1.62 bits per heavy atom. The summed E-state index contributed by atoms with van der Waals surface area (Å²) in [5.74, 6) is 1.98. The minimum Gasteiger partial charge on any atom is -0.373 e. The van der Waals surface area contributed by atoms with Crippen molar-refractivity contribution in [2.75, 3.05) is 6.61 Å². The zero-order valence-corrected chi connectivity index (χ0v) is 10.9. The van der Waals surface area contributed by atoms with Crippen LogP contribution in [0.3, 0.4) is 0 Å². The van der Waals surface area contributed by atoms with E-state index in [-0.39, 0.29) is 0 Å². The SMILES string of the molecule is C1CCC(C2CO2)CC1.CC1CCCCC1. The standard InChI is InChI=1S/C8H14O.C7H14/c1-2-4-7(5-3-1)8-6-9-8;1-7-5-3-2-4-6-7/h7-8H,1-6H2;7H,2-6H2,1H3. The summed E-state index contributed by atoms with van der Waals surface area (Å²) in [6, 6.07) is 0. The van der Waals surface area contributed by atoms with Crippen LogP contribution in [0.1, 0.15) is 71.1 Å². The molecule has 1 heteroatoms. The molecule has 1 atom stereocenters. The van der Waals surface area contributed by atoms with Crippen molar-refractivity contribution in [1.29, 1.82) is 0 Å². The normalized spacial score (nSPS) is 31.7. The fourth-order valence-corrected chi connectivity index (χ4v) is 3.14. The highest BCUT2D eigenvalue weighted by atomic mass is 16.6. The third-order valence-electron chi connectivity index (χ3n) is 4.43. The molecule has 3 aliphatic rings. The largest absolute Gasteiger partial charge is 0.373 e. The van der Waals surface area contributed by atoms with Crippen LogP contribution >= 0.6 is 0 Å². The van der Waals surface area contributed by atoms with Gasteiger partial charge in [-0.25, -0.2) is 0 Å². The first-order valence-corrected chi connectivity index (χ1v) is 7.48. The van der Waals surface area contributed by atoms with E-state index in [1.165, 1.54) is 64.2 Å². The molecule has 0 aromatic heterocycles. The Bertz CT molecular complexity index is 174. The third kappa shape index (κ3) is 4.45. The van der Waals surface area contributed by atoms with Crippen molar-refractivity contribution in [2.45, 2.75) is 77.2 Å². The van der Waals surface area contributed by atoms with E-state index in [1.54, 1.807) is 0 Å². The van der Waals surface area contributed by atoms with Crippen molar-refractivity contribution < 1.29 is 4.74 Å². The van der Waals surface area contributed by atoms with E-state index in [0.29, 0.717) is 6.10 Å². The summed E-state index contributed by atoms with van der Waals surface area (Å²) >= 11 is 0. The lowest BCUT2D eigenvalue weighted by Crippen LogP contribution is -2.11. The second-order valence-corrected chi connectivity index (χ2v) is 6.01. The molecule has 16 heavy (non-hydrogen) atoms. The summed E-state index contributed by atoms with van der Waals surface area (Å²) in [7, 11) is 0. The molecule has 0 bridgehead atoms. The molecule has 0 aromatic rings. The van der Waals surface area contributed by atoms with E-state index in [9.17, 15) is 0 Å². The van der Waals surface area contributed by atoms with Gasteiger partial charge < -0.3 is 4.74 Å². The Morgan fingerprint density at radius 1 is 0.750 bits per heavy atom. The van der Waals surface area contributed by atoms with Gasteiger partial charge in [0.1, 0.15) is 0 Å². The second kappa shape index (κ2) is 6.64. The predicted octanol–water partition coefficient (Wildman–Crippen LogP) is 4.55. The minimum absolute atomic E-state index is 0.685. The lowest BCUT2D eigenvalue weighted by atomic mass is 9.87. The Labute approximate surface area is 101 Å². The Balaban J connectivity index is 0.000000125. The first-order chi connectivity index (χ1) is 7.86. The molecule has 1 nitrogen and oxygen atoms in total. The van der Waals surface area contributed by atoms with Crippen LogP contribution in [0.2, 0.25) is 0 Å². The number of hydrogen-bond donors (Lipinski definition) is 0. The van der Waals surface area contributed by atoms with Crippen LogP contribution in [0.4, 0.5) is 0 Å². The monoisotopic (exact) mass is 224 g/mol. The topological polar surface area (TPSA) is 12.5 Å². The van der Waals surface area contributed by atoms with Gasteiger partial charge >= 0.3 is 0 Å². The maximum Gasteiger partial charge on any atom is 0.0838 e. The van der Waals surface area contributed by atoms with Gasteiger partial charge in [0.25, 0.3) is 0 Å². The van der Waals surface area contributed by atoms with Crippen molar-refractivity contribution in [3.8, 4) is 0 Å². The van der Waals surface area contributed by atoms with E-state index < -0.39 is 0 Å². The summed E-state index contributed by atoms with van der Waals surface area (Å²) in [6.45, 7) is 3.42. The highest BCUT2D eigenvalue weighted by Gasteiger charge is 2.32. The van der Waals surface area contributed by atoms with Crippen LogP contribution < -0.4 is 0 Å². The van der Waals surface area contributed by atoms with Crippen LogP contribution in [0.25, 0.3) is 0 Å². The molecule has 1 saturated heterocycles. The van der Waals surface area contributed by atoms with Gasteiger partial charge in [0, 0.05) is 0 Å². The Morgan fingerprint density at radius 2 is 1.25 bits per heavy atom. The van der Waals surface area contributed by atoms with Crippen molar-refractivity contribution in [3.05, 3.63) is 0 Å². The molecule has 0 N–H and O–H groups in total. The van der Waals surface area contributed by atoms with E-state index in [0.717, 1.165) is 18.4 Å². The van der Waals surface area contributed by atoms with Crippen LogP contribution in [0, 0.1) is 11.8 Å². The summed E-state index contributed by atoms with van der Waals surface area (Å²) in [5.41, 5.74) is 0. The van der Waals surface area contributed by atoms with Crippen molar-refractivity contribution in [1.82, 2.24) is 0 Å². The molecule has 3 fully saturated rings. The molecule has 0 aromatic carbocycles. The highest BCUT2D eigenvalue weighted by Crippen LogP contribution is 2.33. The van der Waals surface area contributed by atoms with E-state index in [2.05, 4.69) is 6.92 Å². The van der Waals surface area contributed by atoms with Gasteiger partial charge in [-0.2, -0.15) is 0 Å². The van der Waals surface area contributed by atoms with Gasteiger partial charge in [-0.3, -0.25) is 0 Å². The van der Waals surface area contributed by atoms with Gasteiger partial charge in [0.2, 0.25) is 0 Å². The van der Waals surface area contributed by atoms with E-state index >= 15 is 0 Å². The van der Waals surface area contributed by atoms with E-state index in [1.807, 2.05) is 0 Å². The smallest absolute Gasteiger partial charge is 0.0838 e. The summed E-state index contributed by atoms with van der Waals surface area (Å²) in [4.78, 5) is 0. The van der Waals surface area contributed by atoms with Crippen molar-refractivity contribution in [3.63, 3.8) is 0 Å². The fourth-order valence-electron chi connectivity index (χ4n) is 3.14. The Hall–Kier alpha value is -0.0400. The Kier molecular flexibility index (Phi) is 5.15. The molecule has 94 valence electrons. The number of rotatable bonds is 1. The first-order valence-electron chi connectivity index (χ1n) is 7.48. The highest BCUT2D eigenvalue weighted by molar-refractivity contribution is 4.81. The lowest BCUT2D eigenvalue weighted by Gasteiger charge is -2.18. The molecule has 2 aliphatic carbocycles. The minimum atomic E-state index is 0.685. The molecular weight excluding hydrogens is 196 g/mol. The van der Waals surface area contributed by atoms with Crippen molar-refractivity contribution in [2.24, 2.45) is 11.8 Å².